The van der Waals surface area contributed by atoms with Gasteiger partial charge in [0.05, 0.1) is 20.6 Å². The van der Waals surface area contributed by atoms with E-state index >= 15 is 0 Å². The summed E-state index contributed by atoms with van der Waals surface area (Å²) in [6, 6.07) is 6.97. The first-order valence-electron chi connectivity index (χ1n) is 5.44. The van der Waals surface area contributed by atoms with E-state index in [2.05, 4.69) is 4.74 Å². The Kier molecular flexibility index (Phi) is 5.17. The van der Waals surface area contributed by atoms with Gasteiger partial charge in [0.1, 0.15) is 11.9 Å². The van der Waals surface area contributed by atoms with Crippen LogP contribution < -0.4 is 4.74 Å². The maximum atomic E-state index is 11.3. The van der Waals surface area contributed by atoms with E-state index in [1.165, 1.54) is 14.0 Å². The summed E-state index contributed by atoms with van der Waals surface area (Å²) in [7, 11) is 2.86. The molecule has 0 heterocycles. The lowest BCUT2D eigenvalue weighted by Gasteiger charge is -2.16. The molecule has 0 bridgehead atoms. The minimum atomic E-state index is -0.638. The maximum Gasteiger partial charge on any atom is 0.309 e. The molecule has 1 rings (SSSR count). The van der Waals surface area contributed by atoms with Gasteiger partial charge in [-0.3, -0.25) is 9.59 Å². The van der Waals surface area contributed by atoms with Crippen molar-refractivity contribution in [3.8, 4) is 5.75 Å². The molecule has 0 N–H and O–H groups in total. The van der Waals surface area contributed by atoms with Crippen LogP contribution in [-0.4, -0.2) is 26.2 Å². The third kappa shape index (κ3) is 4.08. The van der Waals surface area contributed by atoms with Crippen LogP contribution in [0.2, 0.25) is 0 Å². The molecule has 0 amide bonds. The van der Waals surface area contributed by atoms with Crippen molar-refractivity contribution in [2.24, 2.45) is 0 Å². The summed E-state index contributed by atoms with van der Waals surface area (Å²) in [5.74, 6) is -0.185. The van der Waals surface area contributed by atoms with E-state index in [1.54, 1.807) is 31.4 Å². The Morgan fingerprint density at radius 1 is 1.17 bits per heavy atom. The normalized spacial score (nSPS) is 11.5. The molecule has 0 aliphatic heterocycles. The molecular formula is C13H16O5. The number of hydrogen-bond donors (Lipinski definition) is 0. The van der Waals surface area contributed by atoms with Crippen LogP contribution in [0.1, 0.15) is 25.0 Å². The zero-order valence-corrected chi connectivity index (χ0v) is 10.6. The van der Waals surface area contributed by atoms with Crippen LogP contribution in [0.25, 0.3) is 0 Å². The molecule has 1 aromatic rings. The summed E-state index contributed by atoms with van der Waals surface area (Å²) in [5, 5.41) is 0. The van der Waals surface area contributed by atoms with E-state index in [1.807, 2.05) is 0 Å². The van der Waals surface area contributed by atoms with E-state index < -0.39 is 18.0 Å². The number of benzene rings is 1. The largest absolute Gasteiger partial charge is 0.497 e. The molecule has 0 unspecified atom stereocenters. The molecule has 0 saturated carbocycles. The van der Waals surface area contributed by atoms with Gasteiger partial charge in [0.15, 0.2) is 0 Å². The number of esters is 2. The predicted octanol–water partition coefficient (Wildman–Crippen LogP) is 1.86. The van der Waals surface area contributed by atoms with Crippen molar-refractivity contribution in [1.29, 1.82) is 0 Å². The fourth-order valence-corrected chi connectivity index (χ4v) is 1.48. The zero-order chi connectivity index (χ0) is 13.5. The third-order valence-corrected chi connectivity index (χ3v) is 2.38. The first-order valence-corrected chi connectivity index (χ1v) is 5.44. The first-order chi connectivity index (χ1) is 8.56. The average Bonchev–Trinajstić information content (AvgIpc) is 2.37. The van der Waals surface area contributed by atoms with E-state index in [4.69, 9.17) is 9.47 Å². The Morgan fingerprint density at radius 3 is 2.22 bits per heavy atom. The first kappa shape index (κ1) is 14.0. The minimum absolute atomic E-state index is 0.0115. The van der Waals surface area contributed by atoms with E-state index in [-0.39, 0.29) is 6.42 Å². The van der Waals surface area contributed by atoms with Crippen molar-refractivity contribution in [3.63, 3.8) is 0 Å². The van der Waals surface area contributed by atoms with Gasteiger partial charge >= 0.3 is 11.9 Å². The van der Waals surface area contributed by atoms with E-state index in [0.717, 1.165) is 5.56 Å². The van der Waals surface area contributed by atoms with Gasteiger partial charge in [0.25, 0.3) is 0 Å². The molecule has 0 radical (unpaired) electrons. The fraction of sp³-hybridized carbons (Fsp3) is 0.385. The van der Waals surface area contributed by atoms with Crippen LogP contribution in [0.3, 0.4) is 0 Å². The summed E-state index contributed by atoms with van der Waals surface area (Å²) in [5.41, 5.74) is 0.719. The Labute approximate surface area is 106 Å². The molecule has 5 heteroatoms. The quantitative estimate of drug-likeness (QED) is 0.748. The highest BCUT2D eigenvalue weighted by atomic mass is 16.6. The fourth-order valence-electron chi connectivity index (χ4n) is 1.48. The van der Waals surface area contributed by atoms with Gasteiger partial charge in [0, 0.05) is 6.92 Å². The standard InChI is InChI=1S/C13H16O5/c1-9(14)18-12(8-13(15)17-3)10-4-6-11(16-2)7-5-10/h4-7,12H,8H2,1-3H3/t12-/m1/s1. The molecule has 0 aliphatic carbocycles. The van der Waals surface area contributed by atoms with E-state index in [9.17, 15) is 9.59 Å². The summed E-state index contributed by atoms with van der Waals surface area (Å²) in [6.07, 6.45) is -0.650. The van der Waals surface area contributed by atoms with Crippen LogP contribution in [0, 0.1) is 0 Å². The van der Waals surface area contributed by atoms with Crippen LogP contribution in [0.5, 0.6) is 5.75 Å². The summed E-state index contributed by atoms with van der Waals surface area (Å²) in [4.78, 5) is 22.3. The Morgan fingerprint density at radius 2 is 1.78 bits per heavy atom. The SMILES string of the molecule is COC(=O)C[C@@H](OC(C)=O)c1ccc(OC)cc1. The number of carbonyl (C=O) groups is 2. The second-order valence-corrected chi connectivity index (χ2v) is 3.65. The van der Waals surface area contributed by atoms with Crippen molar-refractivity contribution in [2.75, 3.05) is 14.2 Å². The minimum Gasteiger partial charge on any atom is -0.497 e. The van der Waals surface area contributed by atoms with Crippen molar-refractivity contribution in [2.45, 2.75) is 19.4 Å². The molecule has 0 saturated heterocycles. The highest BCUT2D eigenvalue weighted by Crippen LogP contribution is 2.24. The lowest BCUT2D eigenvalue weighted by atomic mass is 10.1. The predicted molar refractivity (Wildman–Crippen MR) is 64.1 cm³/mol. The smallest absolute Gasteiger partial charge is 0.309 e. The van der Waals surface area contributed by atoms with Crippen LogP contribution >= 0.6 is 0 Å². The van der Waals surface area contributed by atoms with Gasteiger partial charge < -0.3 is 14.2 Å². The lowest BCUT2D eigenvalue weighted by molar-refractivity contribution is -0.152. The highest BCUT2D eigenvalue weighted by Gasteiger charge is 2.19. The molecular weight excluding hydrogens is 236 g/mol. The third-order valence-electron chi connectivity index (χ3n) is 2.38. The van der Waals surface area contributed by atoms with Crippen LogP contribution in [0.15, 0.2) is 24.3 Å². The number of hydrogen-bond acceptors (Lipinski definition) is 5. The molecule has 5 nitrogen and oxygen atoms in total. The molecule has 18 heavy (non-hydrogen) atoms. The summed E-state index contributed by atoms with van der Waals surface area (Å²) in [6.45, 7) is 1.30. The molecule has 0 fully saturated rings. The van der Waals surface area contributed by atoms with Crippen LogP contribution in [0.4, 0.5) is 0 Å². The second-order valence-electron chi connectivity index (χ2n) is 3.65. The summed E-state index contributed by atoms with van der Waals surface area (Å²) >= 11 is 0. The topological polar surface area (TPSA) is 61.8 Å². The van der Waals surface area contributed by atoms with Crippen molar-refractivity contribution in [1.82, 2.24) is 0 Å². The number of rotatable bonds is 5. The lowest BCUT2D eigenvalue weighted by Crippen LogP contribution is -2.14. The van der Waals surface area contributed by atoms with Crippen molar-refractivity contribution >= 4 is 11.9 Å². The van der Waals surface area contributed by atoms with Gasteiger partial charge in [-0.2, -0.15) is 0 Å². The van der Waals surface area contributed by atoms with Gasteiger partial charge in [-0.05, 0) is 17.7 Å². The second kappa shape index (κ2) is 6.64. The number of ether oxygens (including phenoxy) is 3. The number of carbonyl (C=O) groups excluding carboxylic acids is 2. The highest BCUT2D eigenvalue weighted by molar-refractivity contribution is 5.71. The van der Waals surface area contributed by atoms with Crippen LogP contribution in [-0.2, 0) is 19.1 Å². The van der Waals surface area contributed by atoms with Gasteiger partial charge in [-0.15, -0.1) is 0 Å². The average molecular weight is 252 g/mol. The Balaban J connectivity index is 2.86. The molecule has 0 aliphatic rings. The molecule has 98 valence electrons. The van der Waals surface area contributed by atoms with E-state index in [0.29, 0.717) is 5.75 Å². The molecule has 0 aromatic heterocycles. The molecule has 0 spiro atoms. The van der Waals surface area contributed by atoms with Gasteiger partial charge in [-0.25, -0.2) is 0 Å². The summed E-state index contributed by atoms with van der Waals surface area (Å²) < 4.78 is 14.7. The van der Waals surface area contributed by atoms with Crippen molar-refractivity contribution in [3.05, 3.63) is 29.8 Å². The van der Waals surface area contributed by atoms with Gasteiger partial charge in [0.2, 0.25) is 0 Å². The van der Waals surface area contributed by atoms with Crippen molar-refractivity contribution < 1.29 is 23.8 Å². The monoisotopic (exact) mass is 252 g/mol. The van der Waals surface area contributed by atoms with Gasteiger partial charge in [-0.1, -0.05) is 12.1 Å². The molecule has 1 aromatic carbocycles. The maximum absolute atomic E-state index is 11.3. The number of methoxy groups -OCH3 is 2. The molecule has 1 atom stereocenters. The zero-order valence-electron chi connectivity index (χ0n) is 10.6. The Hall–Kier alpha value is -2.04. The Bertz CT molecular complexity index is 410.